The molecular formula is C11H14ClNO3. The number of carboxylic acids is 1. The van der Waals surface area contributed by atoms with Gasteiger partial charge in [-0.05, 0) is 25.1 Å². The number of ether oxygens (including phenoxy) is 1. The fourth-order valence-corrected chi connectivity index (χ4v) is 1.40. The molecule has 1 unspecified atom stereocenters. The maximum Gasteiger partial charge on any atom is 0.337 e. The molecule has 0 radical (unpaired) electrons. The van der Waals surface area contributed by atoms with Gasteiger partial charge in [0.1, 0.15) is 0 Å². The Morgan fingerprint density at radius 2 is 2.31 bits per heavy atom. The molecule has 0 aromatic heterocycles. The second-order valence-electron chi connectivity index (χ2n) is 3.43. The van der Waals surface area contributed by atoms with Crippen molar-refractivity contribution in [3.05, 3.63) is 28.8 Å². The average molecular weight is 244 g/mol. The van der Waals surface area contributed by atoms with E-state index in [1.165, 1.54) is 6.07 Å². The van der Waals surface area contributed by atoms with E-state index >= 15 is 0 Å². The highest BCUT2D eigenvalue weighted by atomic mass is 35.5. The summed E-state index contributed by atoms with van der Waals surface area (Å²) >= 11 is 5.82. The van der Waals surface area contributed by atoms with Crippen molar-refractivity contribution in [1.82, 2.24) is 0 Å². The van der Waals surface area contributed by atoms with Gasteiger partial charge in [0, 0.05) is 19.3 Å². The third-order valence-corrected chi connectivity index (χ3v) is 2.51. The number of benzene rings is 1. The van der Waals surface area contributed by atoms with E-state index in [0.29, 0.717) is 6.54 Å². The molecule has 5 heteroatoms. The topological polar surface area (TPSA) is 58.6 Å². The molecule has 0 saturated heterocycles. The molecule has 1 rings (SSSR count). The highest BCUT2D eigenvalue weighted by Crippen LogP contribution is 2.20. The molecule has 0 aliphatic heterocycles. The van der Waals surface area contributed by atoms with E-state index in [4.69, 9.17) is 21.4 Å². The van der Waals surface area contributed by atoms with Crippen LogP contribution < -0.4 is 5.32 Å². The quantitative estimate of drug-likeness (QED) is 0.834. The van der Waals surface area contributed by atoms with E-state index in [-0.39, 0.29) is 16.7 Å². The second kappa shape index (κ2) is 5.72. The third-order valence-electron chi connectivity index (χ3n) is 2.20. The zero-order valence-corrected chi connectivity index (χ0v) is 9.91. The summed E-state index contributed by atoms with van der Waals surface area (Å²) in [4.78, 5) is 10.7. The van der Waals surface area contributed by atoms with E-state index in [2.05, 4.69) is 5.32 Å². The van der Waals surface area contributed by atoms with Crippen molar-refractivity contribution in [3.8, 4) is 0 Å². The first-order valence-corrected chi connectivity index (χ1v) is 5.22. The molecule has 16 heavy (non-hydrogen) atoms. The van der Waals surface area contributed by atoms with Crippen LogP contribution >= 0.6 is 11.6 Å². The van der Waals surface area contributed by atoms with Crippen molar-refractivity contribution in [2.45, 2.75) is 13.0 Å². The molecule has 4 nitrogen and oxygen atoms in total. The first kappa shape index (κ1) is 12.8. The molecule has 0 spiro atoms. The summed E-state index contributed by atoms with van der Waals surface area (Å²) in [6.07, 6.45) is 0.0814. The predicted molar refractivity (Wildman–Crippen MR) is 63.4 cm³/mol. The molecule has 2 N–H and O–H groups in total. The number of hydrogen-bond acceptors (Lipinski definition) is 3. The van der Waals surface area contributed by atoms with Gasteiger partial charge >= 0.3 is 5.97 Å². The zero-order chi connectivity index (χ0) is 12.1. The minimum absolute atomic E-state index is 0.0814. The first-order valence-electron chi connectivity index (χ1n) is 4.84. The van der Waals surface area contributed by atoms with E-state index in [9.17, 15) is 4.79 Å². The Morgan fingerprint density at radius 1 is 1.62 bits per heavy atom. The van der Waals surface area contributed by atoms with Gasteiger partial charge < -0.3 is 15.2 Å². The summed E-state index contributed by atoms with van der Waals surface area (Å²) in [6.45, 7) is 2.57. The van der Waals surface area contributed by atoms with Gasteiger partial charge in [-0.15, -0.1) is 0 Å². The lowest BCUT2D eigenvalue weighted by Crippen LogP contribution is -2.18. The van der Waals surface area contributed by atoms with Crippen molar-refractivity contribution >= 4 is 23.3 Å². The van der Waals surface area contributed by atoms with Gasteiger partial charge in [0.2, 0.25) is 0 Å². The number of nitrogens with one attached hydrogen (secondary N) is 1. The Balaban J connectivity index is 2.70. The smallest absolute Gasteiger partial charge is 0.337 e. The summed E-state index contributed by atoms with van der Waals surface area (Å²) in [5, 5.41) is 12.1. The molecule has 1 atom stereocenters. The molecule has 0 aliphatic rings. The van der Waals surface area contributed by atoms with E-state index < -0.39 is 5.97 Å². The molecule has 88 valence electrons. The van der Waals surface area contributed by atoms with Gasteiger partial charge in [-0.25, -0.2) is 4.79 Å². The fourth-order valence-electron chi connectivity index (χ4n) is 1.14. The van der Waals surface area contributed by atoms with Crippen LogP contribution in [0.1, 0.15) is 17.3 Å². The third kappa shape index (κ3) is 3.40. The largest absolute Gasteiger partial charge is 0.478 e. The average Bonchev–Trinajstić information content (AvgIpc) is 2.25. The second-order valence-corrected chi connectivity index (χ2v) is 3.83. The molecular weight excluding hydrogens is 230 g/mol. The number of rotatable bonds is 5. The molecule has 0 saturated carbocycles. The molecule has 0 heterocycles. The fraction of sp³-hybridized carbons (Fsp3) is 0.364. The van der Waals surface area contributed by atoms with Gasteiger partial charge in [0.05, 0.1) is 16.7 Å². The monoisotopic (exact) mass is 243 g/mol. The lowest BCUT2D eigenvalue weighted by molar-refractivity contribution is 0.0697. The lowest BCUT2D eigenvalue weighted by atomic mass is 10.2. The van der Waals surface area contributed by atoms with E-state index in [0.717, 1.165) is 5.69 Å². The maximum absolute atomic E-state index is 10.7. The van der Waals surface area contributed by atoms with Crippen molar-refractivity contribution < 1.29 is 14.6 Å². The van der Waals surface area contributed by atoms with Crippen LogP contribution in [0, 0.1) is 0 Å². The molecule has 1 aromatic rings. The summed E-state index contributed by atoms with van der Waals surface area (Å²) in [5.41, 5.74) is 0.880. The Labute approximate surface area is 99.2 Å². The minimum Gasteiger partial charge on any atom is -0.478 e. The van der Waals surface area contributed by atoms with Crippen LogP contribution in [0.3, 0.4) is 0 Å². The number of aromatic carboxylic acids is 1. The number of anilines is 1. The maximum atomic E-state index is 10.7. The van der Waals surface area contributed by atoms with Crippen molar-refractivity contribution in [3.63, 3.8) is 0 Å². The summed E-state index contributed by atoms with van der Waals surface area (Å²) in [5.74, 6) is -1.03. The SMILES string of the molecule is COC(C)CNc1ccc(C(=O)O)c(Cl)c1. The van der Waals surface area contributed by atoms with Crippen molar-refractivity contribution in [2.75, 3.05) is 19.0 Å². The Bertz CT molecular complexity index is 381. The standard InChI is InChI=1S/C11H14ClNO3/c1-7(16-2)6-13-8-3-4-9(11(14)15)10(12)5-8/h3-5,7,13H,6H2,1-2H3,(H,14,15). The zero-order valence-electron chi connectivity index (χ0n) is 9.16. The van der Waals surface area contributed by atoms with Gasteiger partial charge in [-0.1, -0.05) is 11.6 Å². The van der Waals surface area contributed by atoms with Crippen molar-refractivity contribution in [1.29, 1.82) is 0 Å². The number of methoxy groups -OCH3 is 1. The van der Waals surface area contributed by atoms with Crippen LogP contribution in [-0.2, 0) is 4.74 Å². The number of hydrogen-bond donors (Lipinski definition) is 2. The van der Waals surface area contributed by atoms with Crippen LogP contribution in [0.4, 0.5) is 5.69 Å². The molecule has 0 bridgehead atoms. The summed E-state index contributed by atoms with van der Waals surface area (Å²) in [7, 11) is 1.63. The Hall–Kier alpha value is -1.26. The van der Waals surface area contributed by atoms with E-state index in [1.807, 2.05) is 6.92 Å². The molecule has 0 amide bonds. The van der Waals surface area contributed by atoms with Gasteiger partial charge in [-0.2, -0.15) is 0 Å². The highest BCUT2D eigenvalue weighted by molar-refractivity contribution is 6.33. The summed E-state index contributed by atoms with van der Waals surface area (Å²) in [6, 6.07) is 4.75. The Morgan fingerprint density at radius 3 is 2.81 bits per heavy atom. The summed E-state index contributed by atoms with van der Waals surface area (Å²) < 4.78 is 5.07. The number of halogens is 1. The minimum atomic E-state index is -1.03. The molecule has 1 aromatic carbocycles. The van der Waals surface area contributed by atoms with Gasteiger partial charge in [0.15, 0.2) is 0 Å². The van der Waals surface area contributed by atoms with Crippen molar-refractivity contribution in [2.24, 2.45) is 0 Å². The van der Waals surface area contributed by atoms with Crippen LogP contribution in [-0.4, -0.2) is 30.8 Å². The van der Waals surface area contributed by atoms with Crippen LogP contribution in [0.5, 0.6) is 0 Å². The molecule has 0 fully saturated rings. The number of carboxylic acid groups (broad SMARTS) is 1. The number of carbonyl (C=O) groups is 1. The van der Waals surface area contributed by atoms with Crippen LogP contribution in [0.15, 0.2) is 18.2 Å². The Kier molecular flexibility index (Phi) is 4.58. The normalized spacial score (nSPS) is 12.2. The first-order chi connectivity index (χ1) is 7.54. The van der Waals surface area contributed by atoms with Gasteiger partial charge in [-0.3, -0.25) is 0 Å². The predicted octanol–water partition coefficient (Wildman–Crippen LogP) is 2.49. The van der Waals surface area contributed by atoms with E-state index in [1.54, 1.807) is 19.2 Å². The van der Waals surface area contributed by atoms with Gasteiger partial charge in [0.25, 0.3) is 0 Å². The van der Waals surface area contributed by atoms with Crippen LogP contribution in [0.25, 0.3) is 0 Å². The lowest BCUT2D eigenvalue weighted by Gasteiger charge is -2.12. The molecule has 0 aliphatic carbocycles. The van der Waals surface area contributed by atoms with Crippen LogP contribution in [0.2, 0.25) is 5.02 Å². The highest BCUT2D eigenvalue weighted by Gasteiger charge is 2.08.